The van der Waals surface area contributed by atoms with Crippen molar-refractivity contribution in [3.8, 4) is 0 Å². The standard InChI is InChI=1S/C15H20ClN3O2/c1-9(2)6-13-15(21)19(10(3)14(20)18-13)8-11-4-5-17-7-12(11)16/h4-5,7,9-10,13H,6,8H2,1-3H3,(H,18,20). The Kier molecular flexibility index (Phi) is 4.83. The number of halogens is 1. The third-order valence-corrected chi connectivity index (χ3v) is 3.99. The third kappa shape index (κ3) is 3.53. The fourth-order valence-corrected chi connectivity index (χ4v) is 2.63. The maximum atomic E-state index is 12.6. The van der Waals surface area contributed by atoms with Gasteiger partial charge in [0, 0.05) is 18.9 Å². The summed E-state index contributed by atoms with van der Waals surface area (Å²) in [6, 6.07) is 0.825. The first-order chi connectivity index (χ1) is 9.90. The van der Waals surface area contributed by atoms with Crippen molar-refractivity contribution in [1.82, 2.24) is 15.2 Å². The number of hydrogen-bond acceptors (Lipinski definition) is 3. The highest BCUT2D eigenvalue weighted by Gasteiger charge is 2.38. The molecule has 0 radical (unpaired) electrons. The van der Waals surface area contributed by atoms with E-state index < -0.39 is 12.1 Å². The number of nitrogens with zero attached hydrogens (tertiary/aromatic N) is 2. The number of amides is 2. The van der Waals surface area contributed by atoms with Gasteiger partial charge >= 0.3 is 0 Å². The van der Waals surface area contributed by atoms with Crippen LogP contribution in [0.2, 0.25) is 5.02 Å². The summed E-state index contributed by atoms with van der Waals surface area (Å²) in [4.78, 5) is 30.2. The lowest BCUT2D eigenvalue weighted by Crippen LogP contribution is -2.62. The molecule has 1 N–H and O–H groups in total. The SMILES string of the molecule is CC(C)CC1NC(=O)C(C)N(Cc2ccncc2Cl)C1=O. The van der Waals surface area contributed by atoms with Crippen LogP contribution in [0, 0.1) is 5.92 Å². The maximum absolute atomic E-state index is 12.6. The van der Waals surface area contributed by atoms with E-state index in [-0.39, 0.29) is 11.8 Å². The van der Waals surface area contributed by atoms with Crippen molar-refractivity contribution < 1.29 is 9.59 Å². The first-order valence-electron chi connectivity index (χ1n) is 7.09. The molecule has 21 heavy (non-hydrogen) atoms. The Morgan fingerprint density at radius 2 is 2.14 bits per heavy atom. The van der Waals surface area contributed by atoms with E-state index in [1.807, 2.05) is 13.8 Å². The minimum atomic E-state index is -0.495. The summed E-state index contributed by atoms with van der Waals surface area (Å²) in [6.07, 6.45) is 3.81. The number of pyridine rings is 1. The topological polar surface area (TPSA) is 62.3 Å². The van der Waals surface area contributed by atoms with E-state index in [0.29, 0.717) is 23.9 Å². The fourth-order valence-electron chi connectivity index (χ4n) is 2.45. The summed E-state index contributed by atoms with van der Waals surface area (Å²) in [5, 5.41) is 3.31. The van der Waals surface area contributed by atoms with Gasteiger partial charge in [0.2, 0.25) is 11.8 Å². The lowest BCUT2D eigenvalue weighted by Gasteiger charge is -2.38. The van der Waals surface area contributed by atoms with Gasteiger partial charge in [-0.25, -0.2) is 0 Å². The summed E-state index contributed by atoms with van der Waals surface area (Å²) in [6.45, 7) is 6.11. The van der Waals surface area contributed by atoms with E-state index in [1.54, 1.807) is 30.3 Å². The van der Waals surface area contributed by atoms with E-state index >= 15 is 0 Å². The average molecular weight is 310 g/mol. The zero-order chi connectivity index (χ0) is 15.6. The molecule has 2 atom stereocenters. The molecule has 1 aliphatic rings. The molecule has 0 aromatic carbocycles. The first kappa shape index (κ1) is 15.8. The minimum Gasteiger partial charge on any atom is -0.343 e. The van der Waals surface area contributed by atoms with Gasteiger partial charge in [0.25, 0.3) is 0 Å². The first-order valence-corrected chi connectivity index (χ1v) is 7.47. The van der Waals surface area contributed by atoms with E-state index in [4.69, 9.17) is 11.6 Å². The van der Waals surface area contributed by atoms with Gasteiger partial charge in [0.15, 0.2) is 0 Å². The number of hydrogen-bond donors (Lipinski definition) is 1. The molecule has 0 aliphatic carbocycles. The van der Waals surface area contributed by atoms with Crippen molar-refractivity contribution >= 4 is 23.4 Å². The fraction of sp³-hybridized carbons (Fsp3) is 0.533. The highest BCUT2D eigenvalue weighted by molar-refractivity contribution is 6.31. The van der Waals surface area contributed by atoms with Crippen LogP contribution in [-0.4, -0.2) is 33.8 Å². The lowest BCUT2D eigenvalue weighted by atomic mass is 9.98. The van der Waals surface area contributed by atoms with Gasteiger partial charge < -0.3 is 10.2 Å². The number of piperazine rings is 1. The summed E-state index contributed by atoms with van der Waals surface area (Å²) in [5.74, 6) is 0.160. The monoisotopic (exact) mass is 309 g/mol. The van der Waals surface area contributed by atoms with E-state index in [2.05, 4.69) is 10.3 Å². The summed E-state index contributed by atoms with van der Waals surface area (Å²) in [7, 11) is 0. The molecule has 0 spiro atoms. The van der Waals surface area contributed by atoms with Crippen LogP contribution in [-0.2, 0) is 16.1 Å². The Morgan fingerprint density at radius 3 is 2.76 bits per heavy atom. The van der Waals surface area contributed by atoms with Crippen molar-refractivity contribution in [2.24, 2.45) is 5.92 Å². The largest absolute Gasteiger partial charge is 0.343 e. The van der Waals surface area contributed by atoms with Crippen molar-refractivity contribution in [2.45, 2.75) is 45.8 Å². The number of carbonyl (C=O) groups is 2. The van der Waals surface area contributed by atoms with Crippen molar-refractivity contribution in [3.63, 3.8) is 0 Å². The molecule has 2 amide bonds. The Bertz CT molecular complexity index is 547. The van der Waals surface area contributed by atoms with E-state index in [1.165, 1.54) is 0 Å². The van der Waals surface area contributed by atoms with E-state index in [0.717, 1.165) is 5.56 Å². The third-order valence-electron chi connectivity index (χ3n) is 3.65. The van der Waals surface area contributed by atoms with Crippen molar-refractivity contribution in [2.75, 3.05) is 0 Å². The van der Waals surface area contributed by atoms with E-state index in [9.17, 15) is 9.59 Å². The van der Waals surface area contributed by atoms with Gasteiger partial charge in [-0.2, -0.15) is 0 Å². The summed E-state index contributed by atoms with van der Waals surface area (Å²) in [5.41, 5.74) is 0.796. The molecule has 5 nitrogen and oxygen atoms in total. The zero-order valence-corrected chi connectivity index (χ0v) is 13.2. The van der Waals surface area contributed by atoms with Crippen LogP contribution in [0.3, 0.4) is 0 Å². The average Bonchev–Trinajstić information content (AvgIpc) is 2.42. The molecule has 0 bridgehead atoms. The van der Waals surface area contributed by atoms with Crippen LogP contribution in [0.1, 0.15) is 32.8 Å². The molecule has 1 aromatic heterocycles. The van der Waals surface area contributed by atoms with Crippen LogP contribution in [0.4, 0.5) is 0 Å². The van der Waals surface area contributed by atoms with Gasteiger partial charge in [0.1, 0.15) is 12.1 Å². The van der Waals surface area contributed by atoms with Gasteiger partial charge in [-0.05, 0) is 30.9 Å². The molecule has 2 unspecified atom stereocenters. The second kappa shape index (κ2) is 6.43. The Labute approximate surface area is 129 Å². The van der Waals surface area contributed by atoms with Crippen LogP contribution in [0.15, 0.2) is 18.5 Å². The predicted octanol–water partition coefficient (Wildman–Crippen LogP) is 2.00. The molecule has 1 aromatic rings. The summed E-state index contributed by atoms with van der Waals surface area (Å²) >= 11 is 6.09. The van der Waals surface area contributed by atoms with Gasteiger partial charge in [-0.15, -0.1) is 0 Å². The van der Waals surface area contributed by atoms with Gasteiger partial charge in [-0.3, -0.25) is 14.6 Å². The smallest absolute Gasteiger partial charge is 0.246 e. The second-order valence-corrected chi connectivity index (χ2v) is 6.21. The molecule has 1 saturated heterocycles. The second-order valence-electron chi connectivity index (χ2n) is 5.80. The number of aromatic nitrogens is 1. The molecule has 0 saturated carbocycles. The molecule has 114 valence electrons. The highest BCUT2D eigenvalue weighted by Crippen LogP contribution is 2.21. The molecule has 1 fully saturated rings. The quantitative estimate of drug-likeness (QED) is 0.925. The summed E-state index contributed by atoms with van der Waals surface area (Å²) < 4.78 is 0. The van der Waals surface area contributed by atoms with Crippen molar-refractivity contribution in [3.05, 3.63) is 29.0 Å². The van der Waals surface area contributed by atoms with Crippen LogP contribution in [0.25, 0.3) is 0 Å². The van der Waals surface area contributed by atoms with Crippen molar-refractivity contribution in [1.29, 1.82) is 0 Å². The molecule has 1 aliphatic heterocycles. The zero-order valence-electron chi connectivity index (χ0n) is 12.5. The Morgan fingerprint density at radius 1 is 1.43 bits per heavy atom. The van der Waals surface area contributed by atoms with Gasteiger partial charge in [0.05, 0.1) is 5.02 Å². The van der Waals surface area contributed by atoms with Gasteiger partial charge in [-0.1, -0.05) is 25.4 Å². The molecular weight excluding hydrogens is 290 g/mol. The van der Waals surface area contributed by atoms with Crippen LogP contribution < -0.4 is 5.32 Å². The van der Waals surface area contributed by atoms with Crippen LogP contribution >= 0.6 is 11.6 Å². The predicted molar refractivity (Wildman–Crippen MR) is 80.6 cm³/mol. The Hall–Kier alpha value is -1.62. The Balaban J connectivity index is 2.21. The molecule has 2 heterocycles. The number of carbonyl (C=O) groups excluding carboxylic acids is 2. The molecular formula is C15H20ClN3O2. The highest BCUT2D eigenvalue weighted by atomic mass is 35.5. The number of rotatable bonds is 4. The maximum Gasteiger partial charge on any atom is 0.246 e. The lowest BCUT2D eigenvalue weighted by molar-refractivity contribution is -0.149. The minimum absolute atomic E-state index is 0.0521. The van der Waals surface area contributed by atoms with Crippen LogP contribution in [0.5, 0.6) is 0 Å². The normalized spacial score (nSPS) is 22.6. The molecule has 2 rings (SSSR count). The molecule has 6 heteroatoms. The number of nitrogens with one attached hydrogen (secondary N) is 1.